The van der Waals surface area contributed by atoms with E-state index >= 15 is 0 Å². The van der Waals surface area contributed by atoms with E-state index in [1.165, 1.54) is 25.7 Å². The highest BCUT2D eigenvalue weighted by Gasteiger charge is 2.41. The van der Waals surface area contributed by atoms with E-state index in [0.29, 0.717) is 6.42 Å². The molecule has 0 saturated carbocycles. The first-order valence-corrected chi connectivity index (χ1v) is 10.5. The van der Waals surface area contributed by atoms with E-state index in [1.807, 2.05) is 0 Å². The van der Waals surface area contributed by atoms with Crippen molar-refractivity contribution in [3.63, 3.8) is 0 Å². The second kappa shape index (κ2) is 12.6. The van der Waals surface area contributed by atoms with Gasteiger partial charge in [0.05, 0.1) is 6.61 Å². The molecule has 0 aliphatic carbocycles. The molecule has 31 heavy (non-hydrogen) atoms. The normalized spacial score (nSPS) is 11.5. The summed E-state index contributed by atoms with van der Waals surface area (Å²) in [6.45, 7) is 4.33. The van der Waals surface area contributed by atoms with E-state index in [-0.39, 0.29) is 6.61 Å². The molecule has 0 atom stereocenters. The molecule has 0 heterocycles. The van der Waals surface area contributed by atoms with Crippen LogP contribution in [0, 0.1) is 34.5 Å². The fraction of sp³-hybridized carbons (Fsp3) is 0.636. The number of esters is 2. The van der Waals surface area contributed by atoms with Gasteiger partial charge >= 0.3 is 11.9 Å². The van der Waals surface area contributed by atoms with Crippen LogP contribution in [0.1, 0.15) is 78.6 Å². The quantitative estimate of drug-likeness (QED) is 0.0662. The summed E-state index contributed by atoms with van der Waals surface area (Å²) in [6.07, 6.45) is 9.46. The van der Waals surface area contributed by atoms with Crippen molar-refractivity contribution in [2.45, 2.75) is 78.6 Å². The number of carbonyl (C=O) groups is 2. The minimum absolute atomic E-state index is 0.0356. The van der Waals surface area contributed by atoms with Crippen molar-refractivity contribution >= 4 is 11.9 Å². The summed E-state index contributed by atoms with van der Waals surface area (Å²) < 4.78 is 76.3. The Labute approximate surface area is 179 Å². The SMILES string of the molecule is CCCCCCCCCCCOC(=O)C(C)(C)C(=O)Oc1c(F)c(F)c(F)c(F)c1F. The number of hydrogen-bond acceptors (Lipinski definition) is 4. The number of halogens is 5. The van der Waals surface area contributed by atoms with Crippen LogP contribution >= 0.6 is 0 Å². The Kier molecular flexibility index (Phi) is 10.9. The molecule has 9 heteroatoms. The lowest BCUT2D eigenvalue weighted by Gasteiger charge is -2.21. The van der Waals surface area contributed by atoms with Crippen molar-refractivity contribution in [3.8, 4) is 5.75 Å². The van der Waals surface area contributed by atoms with Gasteiger partial charge in [-0.15, -0.1) is 0 Å². The minimum Gasteiger partial charge on any atom is -0.465 e. The summed E-state index contributed by atoms with van der Waals surface area (Å²) in [5, 5.41) is 0. The monoisotopic (exact) mass is 452 g/mol. The predicted octanol–water partition coefficient (Wildman–Crippen LogP) is 6.39. The van der Waals surface area contributed by atoms with Crippen molar-refractivity contribution < 1.29 is 41.0 Å². The predicted molar refractivity (Wildman–Crippen MR) is 104 cm³/mol. The first kappa shape index (κ1) is 26.8. The first-order chi connectivity index (χ1) is 14.6. The van der Waals surface area contributed by atoms with Gasteiger partial charge in [0.25, 0.3) is 0 Å². The Morgan fingerprint density at radius 3 is 1.58 bits per heavy atom. The van der Waals surface area contributed by atoms with Gasteiger partial charge in [-0.1, -0.05) is 58.3 Å². The highest BCUT2D eigenvalue weighted by molar-refractivity contribution is 5.99. The molecule has 0 spiro atoms. The van der Waals surface area contributed by atoms with Crippen LogP contribution in [0.4, 0.5) is 22.0 Å². The third-order valence-electron chi connectivity index (χ3n) is 4.87. The van der Waals surface area contributed by atoms with Crippen molar-refractivity contribution in [3.05, 3.63) is 29.1 Å². The van der Waals surface area contributed by atoms with Gasteiger partial charge in [0.2, 0.25) is 34.8 Å². The summed E-state index contributed by atoms with van der Waals surface area (Å²) in [5.41, 5.74) is -2.01. The zero-order valence-corrected chi connectivity index (χ0v) is 18.1. The standard InChI is InChI=1S/C22H29F5O4/c1-4-5-6-7-8-9-10-11-12-13-30-20(28)22(2,3)21(29)31-19-17(26)15(24)14(23)16(25)18(19)27/h4-13H2,1-3H3. The zero-order chi connectivity index (χ0) is 23.6. The summed E-state index contributed by atoms with van der Waals surface area (Å²) >= 11 is 0. The van der Waals surface area contributed by atoms with Gasteiger partial charge in [-0.3, -0.25) is 9.59 Å². The molecule has 0 saturated heterocycles. The van der Waals surface area contributed by atoms with Crippen LogP contribution in [-0.2, 0) is 14.3 Å². The molecule has 1 aromatic carbocycles. The van der Waals surface area contributed by atoms with E-state index < -0.39 is 52.2 Å². The maximum atomic E-state index is 13.7. The van der Waals surface area contributed by atoms with Crippen LogP contribution in [0.3, 0.4) is 0 Å². The van der Waals surface area contributed by atoms with E-state index in [2.05, 4.69) is 11.7 Å². The largest absolute Gasteiger partial charge is 0.465 e. The van der Waals surface area contributed by atoms with Gasteiger partial charge in [0, 0.05) is 0 Å². The molecule has 0 unspecified atom stereocenters. The fourth-order valence-electron chi connectivity index (χ4n) is 2.74. The molecule has 0 N–H and O–H groups in total. The lowest BCUT2D eigenvalue weighted by molar-refractivity contribution is -0.165. The van der Waals surface area contributed by atoms with E-state index in [9.17, 15) is 31.5 Å². The molecule has 0 aliphatic heterocycles. The minimum atomic E-state index is -2.38. The third-order valence-corrected chi connectivity index (χ3v) is 4.87. The van der Waals surface area contributed by atoms with Gasteiger partial charge in [0.15, 0.2) is 5.41 Å². The lowest BCUT2D eigenvalue weighted by atomic mass is 9.94. The van der Waals surface area contributed by atoms with Gasteiger partial charge in [-0.25, -0.2) is 13.2 Å². The summed E-state index contributed by atoms with van der Waals surface area (Å²) in [6, 6.07) is 0. The van der Waals surface area contributed by atoms with E-state index in [1.54, 1.807) is 0 Å². The third kappa shape index (κ3) is 7.47. The molecule has 1 aromatic rings. The number of unbranched alkanes of at least 4 members (excludes halogenated alkanes) is 8. The molecule has 0 aliphatic rings. The van der Waals surface area contributed by atoms with Crippen LogP contribution in [-0.4, -0.2) is 18.5 Å². The number of carbonyl (C=O) groups excluding carboxylic acids is 2. The van der Waals surface area contributed by atoms with Gasteiger partial charge < -0.3 is 9.47 Å². The molecule has 0 radical (unpaired) electrons. The van der Waals surface area contributed by atoms with Crippen molar-refractivity contribution in [1.82, 2.24) is 0 Å². The molecule has 0 amide bonds. The van der Waals surface area contributed by atoms with Crippen molar-refractivity contribution in [2.75, 3.05) is 6.61 Å². The van der Waals surface area contributed by atoms with Gasteiger partial charge in [-0.2, -0.15) is 8.78 Å². The Morgan fingerprint density at radius 2 is 1.10 bits per heavy atom. The molecule has 0 fully saturated rings. The first-order valence-electron chi connectivity index (χ1n) is 10.5. The zero-order valence-electron chi connectivity index (χ0n) is 18.1. The highest BCUT2D eigenvalue weighted by Crippen LogP contribution is 2.31. The van der Waals surface area contributed by atoms with Crippen molar-refractivity contribution in [1.29, 1.82) is 0 Å². The average Bonchev–Trinajstić information content (AvgIpc) is 2.74. The number of benzene rings is 1. The Bertz CT molecular complexity index is 736. The highest BCUT2D eigenvalue weighted by atomic mass is 19.2. The molecule has 0 bridgehead atoms. The van der Waals surface area contributed by atoms with Crippen LogP contribution < -0.4 is 4.74 Å². The maximum Gasteiger partial charge on any atom is 0.328 e. The van der Waals surface area contributed by atoms with Crippen molar-refractivity contribution in [2.24, 2.45) is 5.41 Å². The molecule has 1 rings (SSSR count). The maximum absolute atomic E-state index is 13.7. The Morgan fingerprint density at radius 1 is 0.677 bits per heavy atom. The average molecular weight is 452 g/mol. The summed E-state index contributed by atoms with van der Waals surface area (Å²) in [7, 11) is 0. The van der Waals surface area contributed by atoms with Crippen LogP contribution in [0.5, 0.6) is 5.75 Å². The smallest absolute Gasteiger partial charge is 0.328 e. The van der Waals surface area contributed by atoms with Gasteiger partial charge in [-0.05, 0) is 20.3 Å². The Balaban J connectivity index is 2.51. The lowest BCUT2D eigenvalue weighted by Crippen LogP contribution is -2.38. The molecule has 0 aromatic heterocycles. The second-order valence-corrected chi connectivity index (χ2v) is 7.88. The van der Waals surface area contributed by atoms with Crippen LogP contribution in [0.2, 0.25) is 0 Å². The fourth-order valence-corrected chi connectivity index (χ4v) is 2.74. The summed E-state index contributed by atoms with van der Waals surface area (Å²) in [4.78, 5) is 24.3. The summed E-state index contributed by atoms with van der Waals surface area (Å²) in [5.74, 6) is -15.8. The topological polar surface area (TPSA) is 52.6 Å². The molecular weight excluding hydrogens is 423 g/mol. The number of rotatable bonds is 13. The second-order valence-electron chi connectivity index (χ2n) is 7.88. The number of hydrogen-bond donors (Lipinski definition) is 0. The van der Waals surface area contributed by atoms with E-state index in [4.69, 9.17) is 4.74 Å². The van der Waals surface area contributed by atoms with E-state index in [0.717, 1.165) is 39.5 Å². The Hall–Kier alpha value is -2.19. The molecule has 176 valence electrons. The van der Waals surface area contributed by atoms with Crippen LogP contribution in [0.15, 0.2) is 0 Å². The molecular formula is C22H29F5O4. The van der Waals surface area contributed by atoms with Gasteiger partial charge in [0.1, 0.15) is 0 Å². The number of ether oxygens (including phenoxy) is 2. The molecule has 4 nitrogen and oxygen atoms in total. The van der Waals surface area contributed by atoms with Crippen LogP contribution in [0.25, 0.3) is 0 Å².